The summed E-state index contributed by atoms with van der Waals surface area (Å²) in [6, 6.07) is 16.5. The van der Waals surface area contributed by atoms with Gasteiger partial charge in [-0.1, -0.05) is 24.3 Å². The van der Waals surface area contributed by atoms with Crippen molar-refractivity contribution in [2.75, 3.05) is 0 Å². The fourth-order valence-corrected chi connectivity index (χ4v) is 2.30. The van der Waals surface area contributed by atoms with Crippen LogP contribution in [-0.2, 0) is 4.79 Å². The fourth-order valence-electron chi connectivity index (χ4n) is 2.30. The smallest absolute Gasteiger partial charge is 0.344 e. The Morgan fingerprint density at radius 2 is 2.00 bits per heavy atom. The van der Waals surface area contributed by atoms with Crippen molar-refractivity contribution in [1.29, 1.82) is 5.26 Å². The molecule has 1 heterocycles. The van der Waals surface area contributed by atoms with Crippen molar-refractivity contribution >= 4 is 28.7 Å². The summed E-state index contributed by atoms with van der Waals surface area (Å²) in [6.45, 7) is 1.46. The molecule has 0 aliphatic heterocycles. The van der Waals surface area contributed by atoms with Crippen LogP contribution in [0.15, 0.2) is 48.5 Å². The van der Waals surface area contributed by atoms with Gasteiger partial charge in [0.05, 0.1) is 16.6 Å². The highest BCUT2D eigenvalue weighted by atomic mass is 16.5. The molecule has 2 N–H and O–H groups in total. The average molecular weight is 333 g/mol. The second kappa shape index (κ2) is 6.89. The van der Waals surface area contributed by atoms with Crippen molar-refractivity contribution in [2.24, 2.45) is 0 Å². The number of H-pyrrole nitrogens is 1. The van der Waals surface area contributed by atoms with Crippen molar-refractivity contribution in [3.05, 3.63) is 59.9 Å². The summed E-state index contributed by atoms with van der Waals surface area (Å²) in [4.78, 5) is 18.3. The van der Waals surface area contributed by atoms with Crippen molar-refractivity contribution in [2.45, 2.75) is 13.0 Å². The average Bonchev–Trinajstić information content (AvgIpc) is 3.04. The Hall–Kier alpha value is -3.59. The SMILES string of the molecule is CC(Oc1ccc(/C=C(/C#N)c2nc3ccccc3[nH]2)cc1)C(=O)O. The van der Waals surface area contributed by atoms with Crippen LogP contribution < -0.4 is 4.74 Å². The number of hydrogen-bond acceptors (Lipinski definition) is 4. The molecule has 0 radical (unpaired) electrons. The number of aromatic amines is 1. The lowest BCUT2D eigenvalue weighted by atomic mass is 10.1. The summed E-state index contributed by atoms with van der Waals surface area (Å²) in [5.41, 5.74) is 2.85. The van der Waals surface area contributed by atoms with Crippen molar-refractivity contribution in [1.82, 2.24) is 9.97 Å². The van der Waals surface area contributed by atoms with Gasteiger partial charge < -0.3 is 14.8 Å². The van der Waals surface area contributed by atoms with Crippen LogP contribution in [0.4, 0.5) is 0 Å². The van der Waals surface area contributed by atoms with E-state index in [2.05, 4.69) is 16.0 Å². The summed E-state index contributed by atoms with van der Waals surface area (Å²) >= 11 is 0. The lowest BCUT2D eigenvalue weighted by Crippen LogP contribution is -2.22. The predicted octanol–water partition coefficient (Wildman–Crippen LogP) is 3.48. The van der Waals surface area contributed by atoms with E-state index in [1.54, 1.807) is 30.3 Å². The zero-order valence-corrected chi connectivity index (χ0v) is 13.4. The van der Waals surface area contributed by atoms with Crippen LogP contribution in [0.3, 0.4) is 0 Å². The molecular formula is C19H15N3O3. The summed E-state index contributed by atoms with van der Waals surface area (Å²) in [6.07, 6.45) is 0.786. The van der Waals surface area contributed by atoms with Crippen LogP contribution in [0.1, 0.15) is 18.3 Å². The van der Waals surface area contributed by atoms with Crippen LogP contribution in [-0.4, -0.2) is 27.1 Å². The summed E-state index contributed by atoms with van der Waals surface area (Å²) in [5, 5.41) is 18.3. The van der Waals surface area contributed by atoms with E-state index in [0.29, 0.717) is 17.1 Å². The van der Waals surface area contributed by atoms with Gasteiger partial charge in [-0.05, 0) is 42.8 Å². The number of para-hydroxylation sites is 2. The van der Waals surface area contributed by atoms with E-state index < -0.39 is 12.1 Å². The standard InChI is InChI=1S/C19H15N3O3/c1-12(19(23)24)25-15-8-6-13(7-9-15)10-14(11-20)18-21-16-4-2-3-5-17(16)22-18/h2-10,12H,1H3,(H,21,22)(H,23,24)/b14-10-. The molecule has 1 aromatic heterocycles. The number of rotatable bonds is 5. The number of hydrogen-bond donors (Lipinski definition) is 2. The molecule has 0 amide bonds. The molecule has 3 rings (SSSR count). The Balaban J connectivity index is 1.85. The van der Waals surface area contributed by atoms with Gasteiger partial charge >= 0.3 is 5.97 Å². The van der Waals surface area contributed by atoms with Gasteiger partial charge in [0, 0.05) is 0 Å². The number of carbonyl (C=O) groups is 1. The number of carboxylic acid groups (broad SMARTS) is 1. The molecule has 0 aliphatic rings. The molecule has 0 fully saturated rings. The fraction of sp³-hybridized carbons (Fsp3) is 0.105. The number of ether oxygens (including phenoxy) is 1. The topological polar surface area (TPSA) is 99.0 Å². The van der Waals surface area contributed by atoms with Crippen LogP contribution in [0, 0.1) is 11.3 Å². The van der Waals surface area contributed by atoms with Crippen LogP contribution in [0.2, 0.25) is 0 Å². The number of nitrogens with one attached hydrogen (secondary N) is 1. The van der Waals surface area contributed by atoms with Crippen LogP contribution in [0.5, 0.6) is 5.75 Å². The second-order valence-corrected chi connectivity index (χ2v) is 5.44. The maximum absolute atomic E-state index is 10.8. The Labute approximate surface area is 144 Å². The van der Waals surface area contributed by atoms with Gasteiger partial charge in [-0.25, -0.2) is 9.78 Å². The molecule has 6 heteroatoms. The first-order valence-corrected chi connectivity index (χ1v) is 7.63. The number of benzene rings is 2. The molecule has 25 heavy (non-hydrogen) atoms. The molecule has 1 atom stereocenters. The van der Waals surface area contributed by atoms with Gasteiger partial charge in [0.15, 0.2) is 6.10 Å². The summed E-state index contributed by atoms with van der Waals surface area (Å²) < 4.78 is 5.28. The molecule has 2 aromatic carbocycles. The molecule has 3 aromatic rings. The Morgan fingerprint density at radius 3 is 2.64 bits per heavy atom. The third-order valence-corrected chi connectivity index (χ3v) is 3.62. The maximum Gasteiger partial charge on any atom is 0.344 e. The van der Waals surface area contributed by atoms with E-state index in [1.807, 2.05) is 24.3 Å². The molecule has 0 bridgehead atoms. The molecule has 0 aliphatic carbocycles. The molecule has 0 spiro atoms. The molecule has 0 saturated heterocycles. The van der Waals surface area contributed by atoms with Crippen LogP contribution >= 0.6 is 0 Å². The van der Waals surface area contributed by atoms with E-state index in [0.717, 1.165) is 16.6 Å². The minimum Gasteiger partial charge on any atom is -0.479 e. The number of aliphatic carboxylic acids is 1. The first kappa shape index (κ1) is 16.3. The van der Waals surface area contributed by atoms with Gasteiger partial charge in [0.2, 0.25) is 0 Å². The first-order chi connectivity index (χ1) is 12.1. The van der Waals surface area contributed by atoms with Crippen molar-refractivity contribution < 1.29 is 14.6 Å². The lowest BCUT2D eigenvalue weighted by molar-refractivity contribution is -0.144. The van der Waals surface area contributed by atoms with E-state index in [9.17, 15) is 10.1 Å². The van der Waals surface area contributed by atoms with Gasteiger partial charge in [-0.2, -0.15) is 5.26 Å². The molecule has 124 valence electrons. The zero-order chi connectivity index (χ0) is 17.8. The van der Waals surface area contributed by atoms with Gasteiger partial charge in [0.25, 0.3) is 0 Å². The first-order valence-electron chi connectivity index (χ1n) is 7.63. The number of nitrogens with zero attached hydrogens (tertiary/aromatic N) is 2. The molecular weight excluding hydrogens is 318 g/mol. The Kier molecular flexibility index (Phi) is 4.48. The predicted molar refractivity (Wildman–Crippen MR) is 93.7 cm³/mol. The Morgan fingerprint density at radius 1 is 1.28 bits per heavy atom. The number of allylic oxidation sites excluding steroid dienone is 1. The highest BCUT2D eigenvalue weighted by Crippen LogP contribution is 2.21. The van der Waals surface area contributed by atoms with Crippen molar-refractivity contribution in [3.8, 4) is 11.8 Å². The minimum atomic E-state index is -1.03. The molecule has 6 nitrogen and oxygen atoms in total. The van der Waals surface area contributed by atoms with Crippen molar-refractivity contribution in [3.63, 3.8) is 0 Å². The van der Waals surface area contributed by atoms with Gasteiger partial charge in [0.1, 0.15) is 17.6 Å². The summed E-state index contributed by atoms with van der Waals surface area (Å²) in [5.74, 6) is -0.0709. The largest absolute Gasteiger partial charge is 0.479 e. The zero-order valence-electron chi connectivity index (χ0n) is 13.4. The van der Waals surface area contributed by atoms with Crippen LogP contribution in [0.25, 0.3) is 22.7 Å². The number of imidazole rings is 1. The maximum atomic E-state index is 10.8. The highest BCUT2D eigenvalue weighted by molar-refractivity contribution is 5.90. The van der Waals surface area contributed by atoms with E-state index >= 15 is 0 Å². The number of carboxylic acids is 1. The van der Waals surface area contributed by atoms with Gasteiger partial charge in [-0.3, -0.25) is 0 Å². The van der Waals surface area contributed by atoms with E-state index in [-0.39, 0.29) is 0 Å². The van der Waals surface area contributed by atoms with E-state index in [4.69, 9.17) is 9.84 Å². The Bertz CT molecular complexity index is 948. The minimum absolute atomic E-state index is 0.406. The normalized spacial score (nSPS) is 12.6. The number of nitriles is 1. The van der Waals surface area contributed by atoms with E-state index in [1.165, 1.54) is 6.92 Å². The monoisotopic (exact) mass is 333 g/mol. The highest BCUT2D eigenvalue weighted by Gasteiger charge is 2.12. The lowest BCUT2D eigenvalue weighted by Gasteiger charge is -2.10. The molecule has 1 unspecified atom stereocenters. The van der Waals surface area contributed by atoms with Gasteiger partial charge in [-0.15, -0.1) is 0 Å². The molecule has 0 saturated carbocycles. The third kappa shape index (κ3) is 3.67. The third-order valence-electron chi connectivity index (χ3n) is 3.62. The number of fused-ring (bicyclic) bond motifs is 1. The number of aromatic nitrogens is 2. The second-order valence-electron chi connectivity index (χ2n) is 5.44. The quantitative estimate of drug-likeness (QED) is 0.696. The summed E-state index contributed by atoms with van der Waals surface area (Å²) in [7, 11) is 0.